The first-order valence-corrected chi connectivity index (χ1v) is 27.1. The highest BCUT2D eigenvalue weighted by molar-refractivity contribution is 5.71. The monoisotopic (exact) mass is 863 g/mol. The normalized spacial score (nSPS) is 12.1. The first-order valence-electron chi connectivity index (χ1n) is 27.1. The minimum Gasteiger partial charge on any atom is -0.462 e. The summed E-state index contributed by atoms with van der Waals surface area (Å²) in [6, 6.07) is 0. The number of hydrogen-bond donors (Lipinski definition) is 0. The van der Waals surface area contributed by atoms with Gasteiger partial charge >= 0.3 is 17.9 Å². The Morgan fingerprint density at radius 3 is 0.705 bits per heavy atom. The van der Waals surface area contributed by atoms with Gasteiger partial charge in [-0.2, -0.15) is 0 Å². The van der Waals surface area contributed by atoms with E-state index in [1.54, 1.807) is 0 Å². The average Bonchev–Trinajstić information content (AvgIpc) is 3.22. The maximum absolute atomic E-state index is 12.8. The van der Waals surface area contributed by atoms with Gasteiger partial charge in [-0.25, -0.2) is 0 Å². The quantitative estimate of drug-likeness (QED) is 0.0344. The lowest BCUT2D eigenvalue weighted by atomic mass is 10.0. The molecule has 0 aromatic carbocycles. The van der Waals surface area contributed by atoms with Crippen molar-refractivity contribution in [2.75, 3.05) is 13.2 Å². The third-order valence-electron chi connectivity index (χ3n) is 12.4. The smallest absolute Gasteiger partial charge is 0.306 e. The van der Waals surface area contributed by atoms with Gasteiger partial charge in [-0.05, 0) is 37.0 Å². The average molecular weight is 863 g/mol. The van der Waals surface area contributed by atoms with Crippen molar-refractivity contribution in [2.45, 2.75) is 304 Å². The lowest BCUT2D eigenvalue weighted by Crippen LogP contribution is -2.30. The summed E-state index contributed by atoms with van der Waals surface area (Å²) in [6.07, 6.45) is 46.6. The summed E-state index contributed by atoms with van der Waals surface area (Å²) in [6.45, 7) is 13.7. The number of esters is 3. The summed E-state index contributed by atoms with van der Waals surface area (Å²) in [4.78, 5) is 38.0. The zero-order chi connectivity index (χ0) is 44.9. The minimum absolute atomic E-state index is 0.0642. The number of unbranched alkanes of at least 4 members (excludes halogenated alkanes) is 31. The van der Waals surface area contributed by atoms with E-state index < -0.39 is 6.10 Å². The molecule has 0 aliphatic rings. The van der Waals surface area contributed by atoms with Crippen LogP contribution in [0.3, 0.4) is 0 Å². The fourth-order valence-corrected chi connectivity index (χ4v) is 8.29. The molecule has 1 atom stereocenters. The van der Waals surface area contributed by atoms with Crippen LogP contribution in [0.25, 0.3) is 0 Å². The largest absolute Gasteiger partial charge is 0.462 e. The van der Waals surface area contributed by atoms with Crippen molar-refractivity contribution in [3.05, 3.63) is 0 Å². The molecule has 0 radical (unpaired) electrons. The molecule has 6 heteroatoms. The van der Waals surface area contributed by atoms with E-state index in [1.165, 1.54) is 180 Å². The first-order chi connectivity index (χ1) is 29.6. The van der Waals surface area contributed by atoms with Crippen molar-refractivity contribution >= 4 is 17.9 Å². The van der Waals surface area contributed by atoms with Crippen LogP contribution in [0.2, 0.25) is 0 Å². The van der Waals surface area contributed by atoms with Gasteiger partial charge < -0.3 is 14.2 Å². The van der Waals surface area contributed by atoms with Crippen LogP contribution in [0.15, 0.2) is 0 Å². The SMILES string of the molecule is CC(C)CCCCCCCCCCCCCCCC(=O)OC[C@H](COC(=O)CCCCCCCCCCCCC(C)C)OC(=O)CCCCCCCCCCCCCC(C)C. The molecular formula is C55H106O6. The molecule has 0 spiro atoms. The molecule has 0 amide bonds. The molecule has 0 aromatic rings. The third kappa shape index (κ3) is 49.3. The standard InChI is InChI=1S/C55H106O6/c1-49(2)41-35-29-23-17-11-8-7-9-13-20-26-32-38-44-53(56)59-47-52(48-60-54(57)45-39-33-27-21-16-15-19-25-31-37-43-51(5)6)61-55(58)46-40-34-28-22-14-10-12-18-24-30-36-42-50(3)4/h49-52H,7-48H2,1-6H3/t52-/m1/s1. The van der Waals surface area contributed by atoms with E-state index >= 15 is 0 Å². The Hall–Kier alpha value is -1.59. The van der Waals surface area contributed by atoms with Crippen LogP contribution in [-0.2, 0) is 28.6 Å². The van der Waals surface area contributed by atoms with Crippen LogP contribution in [0.5, 0.6) is 0 Å². The molecule has 362 valence electrons. The van der Waals surface area contributed by atoms with Gasteiger partial charge in [-0.15, -0.1) is 0 Å². The molecule has 0 aliphatic heterocycles. The summed E-state index contributed by atoms with van der Waals surface area (Å²) >= 11 is 0. The Kier molecular flexibility index (Phi) is 45.2. The summed E-state index contributed by atoms with van der Waals surface area (Å²) in [5.41, 5.74) is 0. The molecule has 61 heavy (non-hydrogen) atoms. The van der Waals surface area contributed by atoms with Gasteiger partial charge in [-0.3, -0.25) is 14.4 Å². The van der Waals surface area contributed by atoms with Crippen LogP contribution in [0.1, 0.15) is 298 Å². The lowest BCUT2D eigenvalue weighted by molar-refractivity contribution is -0.167. The number of carbonyl (C=O) groups is 3. The van der Waals surface area contributed by atoms with Crippen molar-refractivity contribution in [2.24, 2.45) is 17.8 Å². The van der Waals surface area contributed by atoms with Gasteiger partial charge in [0.25, 0.3) is 0 Å². The highest BCUT2D eigenvalue weighted by atomic mass is 16.6. The molecule has 0 saturated heterocycles. The zero-order valence-corrected chi connectivity index (χ0v) is 42.0. The van der Waals surface area contributed by atoms with E-state index in [9.17, 15) is 14.4 Å². The number of ether oxygens (including phenoxy) is 3. The van der Waals surface area contributed by atoms with Crippen molar-refractivity contribution in [1.82, 2.24) is 0 Å². The molecular weight excluding hydrogens is 757 g/mol. The number of rotatable bonds is 48. The molecule has 0 unspecified atom stereocenters. The van der Waals surface area contributed by atoms with Gasteiger partial charge in [0.1, 0.15) is 13.2 Å². The molecule has 0 saturated carbocycles. The Morgan fingerprint density at radius 1 is 0.279 bits per heavy atom. The highest BCUT2D eigenvalue weighted by Gasteiger charge is 2.19. The van der Waals surface area contributed by atoms with Gasteiger partial charge in [0.2, 0.25) is 0 Å². The lowest BCUT2D eigenvalue weighted by Gasteiger charge is -2.18. The highest BCUT2D eigenvalue weighted by Crippen LogP contribution is 2.18. The van der Waals surface area contributed by atoms with Crippen molar-refractivity contribution in [3.63, 3.8) is 0 Å². The van der Waals surface area contributed by atoms with Gasteiger partial charge in [0, 0.05) is 19.3 Å². The van der Waals surface area contributed by atoms with Crippen LogP contribution in [0.4, 0.5) is 0 Å². The van der Waals surface area contributed by atoms with Crippen LogP contribution in [0, 0.1) is 17.8 Å². The first kappa shape index (κ1) is 59.4. The third-order valence-corrected chi connectivity index (χ3v) is 12.4. The summed E-state index contributed by atoms with van der Waals surface area (Å²) in [5, 5.41) is 0. The van der Waals surface area contributed by atoms with Crippen LogP contribution >= 0.6 is 0 Å². The molecule has 0 N–H and O–H groups in total. The molecule has 0 bridgehead atoms. The molecule has 0 heterocycles. The molecule has 0 rings (SSSR count). The second kappa shape index (κ2) is 46.4. The molecule has 0 aromatic heterocycles. The van der Waals surface area contributed by atoms with E-state index in [4.69, 9.17) is 14.2 Å². The predicted molar refractivity (Wildman–Crippen MR) is 261 cm³/mol. The van der Waals surface area contributed by atoms with E-state index in [0.29, 0.717) is 19.3 Å². The van der Waals surface area contributed by atoms with Crippen molar-refractivity contribution in [3.8, 4) is 0 Å². The fraction of sp³-hybridized carbons (Fsp3) is 0.945. The van der Waals surface area contributed by atoms with E-state index in [0.717, 1.165) is 75.5 Å². The summed E-state index contributed by atoms with van der Waals surface area (Å²) < 4.78 is 16.8. The molecule has 6 nitrogen and oxygen atoms in total. The van der Waals surface area contributed by atoms with Crippen LogP contribution in [-0.4, -0.2) is 37.2 Å². The Labute approximate surface area is 380 Å². The van der Waals surface area contributed by atoms with E-state index in [-0.39, 0.29) is 31.1 Å². The number of carbonyl (C=O) groups excluding carboxylic acids is 3. The van der Waals surface area contributed by atoms with Gasteiger partial charge in [-0.1, -0.05) is 260 Å². The second-order valence-electron chi connectivity index (χ2n) is 20.3. The van der Waals surface area contributed by atoms with E-state index in [2.05, 4.69) is 41.5 Å². The minimum atomic E-state index is -0.763. The zero-order valence-electron chi connectivity index (χ0n) is 42.0. The summed E-state index contributed by atoms with van der Waals surface area (Å²) in [5.74, 6) is 1.63. The van der Waals surface area contributed by atoms with E-state index in [1.807, 2.05) is 0 Å². The maximum Gasteiger partial charge on any atom is 0.306 e. The van der Waals surface area contributed by atoms with Gasteiger partial charge in [0.05, 0.1) is 0 Å². The second-order valence-corrected chi connectivity index (χ2v) is 20.3. The number of hydrogen-bond acceptors (Lipinski definition) is 6. The molecule has 0 aliphatic carbocycles. The van der Waals surface area contributed by atoms with Gasteiger partial charge in [0.15, 0.2) is 6.10 Å². The Balaban J connectivity index is 4.31. The van der Waals surface area contributed by atoms with Crippen molar-refractivity contribution in [1.29, 1.82) is 0 Å². The molecule has 0 fully saturated rings. The topological polar surface area (TPSA) is 78.9 Å². The fourth-order valence-electron chi connectivity index (χ4n) is 8.29. The van der Waals surface area contributed by atoms with Crippen molar-refractivity contribution < 1.29 is 28.6 Å². The summed E-state index contributed by atoms with van der Waals surface area (Å²) in [7, 11) is 0. The van der Waals surface area contributed by atoms with Crippen LogP contribution < -0.4 is 0 Å². The maximum atomic E-state index is 12.8. The predicted octanol–water partition coefficient (Wildman–Crippen LogP) is 17.6. The Morgan fingerprint density at radius 2 is 0.475 bits per heavy atom. The Bertz CT molecular complexity index is 945.